The molecule has 0 fully saturated rings. The molecular weight excluding hydrogens is 262 g/mol. The van der Waals surface area contributed by atoms with E-state index in [1.807, 2.05) is 36.4 Å². The summed E-state index contributed by atoms with van der Waals surface area (Å²) in [5.41, 5.74) is 2.29. The average Bonchev–Trinajstić information content (AvgIpc) is 2.52. The maximum Gasteiger partial charge on any atom is 0.127 e. The standard InChI is InChI=1S/C18H23NO2/c1-15(20)14-19-12-7-13-21-18-11-6-5-10-17(18)16-8-3-2-4-9-16/h2-6,8-11,15,19-20H,7,12-14H2,1H3. The molecule has 0 saturated heterocycles. The molecule has 21 heavy (non-hydrogen) atoms. The second kappa shape index (κ2) is 8.45. The van der Waals surface area contributed by atoms with E-state index in [4.69, 9.17) is 9.84 Å². The van der Waals surface area contributed by atoms with Gasteiger partial charge in [0, 0.05) is 12.1 Å². The predicted molar refractivity (Wildman–Crippen MR) is 86.5 cm³/mol. The average molecular weight is 285 g/mol. The zero-order valence-corrected chi connectivity index (χ0v) is 12.5. The van der Waals surface area contributed by atoms with E-state index in [9.17, 15) is 0 Å². The zero-order chi connectivity index (χ0) is 14.9. The minimum Gasteiger partial charge on any atom is -0.493 e. The summed E-state index contributed by atoms with van der Waals surface area (Å²) in [6, 6.07) is 18.4. The molecule has 0 spiro atoms. The summed E-state index contributed by atoms with van der Waals surface area (Å²) in [7, 11) is 0. The Balaban J connectivity index is 1.87. The van der Waals surface area contributed by atoms with Crippen LogP contribution in [0.25, 0.3) is 11.1 Å². The quantitative estimate of drug-likeness (QED) is 0.732. The predicted octanol–water partition coefficient (Wildman–Crippen LogP) is 3.09. The minimum absolute atomic E-state index is 0.301. The van der Waals surface area contributed by atoms with Gasteiger partial charge in [-0.25, -0.2) is 0 Å². The van der Waals surface area contributed by atoms with E-state index in [0.29, 0.717) is 13.2 Å². The molecule has 0 radical (unpaired) electrons. The van der Waals surface area contributed by atoms with Crippen molar-refractivity contribution in [1.82, 2.24) is 5.32 Å². The Morgan fingerprint density at radius 1 is 1.05 bits per heavy atom. The van der Waals surface area contributed by atoms with Crippen LogP contribution < -0.4 is 10.1 Å². The number of hydrogen-bond acceptors (Lipinski definition) is 3. The lowest BCUT2D eigenvalue weighted by Gasteiger charge is -2.12. The Hall–Kier alpha value is -1.84. The van der Waals surface area contributed by atoms with Crippen molar-refractivity contribution >= 4 is 0 Å². The first kappa shape index (κ1) is 15.5. The van der Waals surface area contributed by atoms with Crippen LogP contribution in [0.5, 0.6) is 5.75 Å². The van der Waals surface area contributed by atoms with Gasteiger partial charge in [0.15, 0.2) is 0 Å². The van der Waals surface area contributed by atoms with Crippen LogP contribution in [0.2, 0.25) is 0 Å². The number of ether oxygens (including phenoxy) is 1. The number of aliphatic hydroxyl groups excluding tert-OH is 1. The van der Waals surface area contributed by atoms with Crippen molar-refractivity contribution in [2.45, 2.75) is 19.4 Å². The summed E-state index contributed by atoms with van der Waals surface area (Å²) >= 11 is 0. The fraction of sp³-hybridized carbons (Fsp3) is 0.333. The fourth-order valence-electron chi connectivity index (χ4n) is 2.14. The largest absolute Gasteiger partial charge is 0.493 e. The molecule has 0 aromatic heterocycles. The SMILES string of the molecule is CC(O)CNCCCOc1ccccc1-c1ccccc1. The topological polar surface area (TPSA) is 41.5 Å². The van der Waals surface area contributed by atoms with Crippen LogP contribution >= 0.6 is 0 Å². The van der Waals surface area contributed by atoms with Crippen molar-refractivity contribution < 1.29 is 9.84 Å². The first-order valence-electron chi connectivity index (χ1n) is 7.43. The molecule has 2 N–H and O–H groups in total. The molecule has 3 nitrogen and oxygen atoms in total. The Bertz CT molecular complexity index is 526. The lowest BCUT2D eigenvalue weighted by Crippen LogP contribution is -2.26. The number of rotatable bonds is 8. The number of benzene rings is 2. The highest BCUT2D eigenvalue weighted by molar-refractivity contribution is 5.70. The molecule has 2 rings (SSSR count). The number of aliphatic hydroxyl groups is 1. The van der Waals surface area contributed by atoms with Crippen LogP contribution in [0.1, 0.15) is 13.3 Å². The molecule has 0 heterocycles. The summed E-state index contributed by atoms with van der Waals surface area (Å²) in [6.45, 7) is 3.91. The van der Waals surface area contributed by atoms with Gasteiger partial charge >= 0.3 is 0 Å². The summed E-state index contributed by atoms with van der Waals surface area (Å²) in [5.74, 6) is 0.916. The van der Waals surface area contributed by atoms with E-state index in [2.05, 4.69) is 23.5 Å². The zero-order valence-electron chi connectivity index (χ0n) is 12.5. The molecule has 1 atom stereocenters. The number of para-hydroxylation sites is 1. The summed E-state index contributed by atoms with van der Waals surface area (Å²) in [4.78, 5) is 0. The first-order chi connectivity index (χ1) is 10.3. The Kier molecular flexibility index (Phi) is 6.25. The molecule has 0 bridgehead atoms. The third kappa shape index (κ3) is 5.21. The van der Waals surface area contributed by atoms with Gasteiger partial charge in [0.1, 0.15) is 5.75 Å². The van der Waals surface area contributed by atoms with Gasteiger partial charge in [-0.05, 0) is 31.5 Å². The Morgan fingerprint density at radius 2 is 1.76 bits per heavy atom. The molecular formula is C18H23NO2. The van der Waals surface area contributed by atoms with Crippen LogP contribution in [0.3, 0.4) is 0 Å². The van der Waals surface area contributed by atoms with Crippen molar-refractivity contribution in [2.24, 2.45) is 0 Å². The Morgan fingerprint density at radius 3 is 2.52 bits per heavy atom. The monoisotopic (exact) mass is 285 g/mol. The van der Waals surface area contributed by atoms with Gasteiger partial charge in [-0.15, -0.1) is 0 Å². The van der Waals surface area contributed by atoms with Gasteiger partial charge in [0.2, 0.25) is 0 Å². The molecule has 0 aliphatic carbocycles. The van der Waals surface area contributed by atoms with E-state index >= 15 is 0 Å². The smallest absolute Gasteiger partial charge is 0.127 e. The van der Waals surface area contributed by atoms with Crippen molar-refractivity contribution in [3.05, 3.63) is 54.6 Å². The molecule has 1 unspecified atom stereocenters. The Labute approximate surface area is 126 Å². The van der Waals surface area contributed by atoms with E-state index < -0.39 is 0 Å². The lowest BCUT2D eigenvalue weighted by atomic mass is 10.1. The second-order valence-corrected chi connectivity index (χ2v) is 5.12. The highest BCUT2D eigenvalue weighted by Crippen LogP contribution is 2.29. The molecule has 0 amide bonds. The summed E-state index contributed by atoms with van der Waals surface area (Å²) in [5, 5.41) is 12.3. The minimum atomic E-state index is -0.301. The third-order valence-electron chi connectivity index (χ3n) is 3.17. The number of nitrogens with one attached hydrogen (secondary N) is 1. The van der Waals surface area contributed by atoms with E-state index in [-0.39, 0.29) is 6.10 Å². The van der Waals surface area contributed by atoms with Gasteiger partial charge in [0.05, 0.1) is 12.7 Å². The van der Waals surface area contributed by atoms with Crippen LogP contribution in [0.15, 0.2) is 54.6 Å². The molecule has 2 aromatic rings. The fourth-order valence-corrected chi connectivity index (χ4v) is 2.14. The van der Waals surface area contributed by atoms with Crippen LogP contribution in [-0.2, 0) is 0 Å². The van der Waals surface area contributed by atoms with E-state index in [0.717, 1.165) is 24.3 Å². The van der Waals surface area contributed by atoms with Gasteiger partial charge < -0.3 is 15.2 Å². The lowest BCUT2D eigenvalue weighted by molar-refractivity contribution is 0.190. The second-order valence-electron chi connectivity index (χ2n) is 5.12. The third-order valence-corrected chi connectivity index (χ3v) is 3.17. The van der Waals surface area contributed by atoms with Crippen molar-refractivity contribution in [1.29, 1.82) is 0 Å². The van der Waals surface area contributed by atoms with Gasteiger partial charge in [-0.1, -0.05) is 48.5 Å². The van der Waals surface area contributed by atoms with Crippen molar-refractivity contribution in [2.75, 3.05) is 19.7 Å². The first-order valence-corrected chi connectivity index (χ1v) is 7.43. The van der Waals surface area contributed by atoms with E-state index in [1.54, 1.807) is 6.92 Å². The molecule has 112 valence electrons. The van der Waals surface area contributed by atoms with E-state index in [1.165, 1.54) is 5.56 Å². The van der Waals surface area contributed by atoms with Gasteiger partial charge in [0.25, 0.3) is 0 Å². The molecule has 0 aliphatic heterocycles. The molecule has 0 aliphatic rings. The van der Waals surface area contributed by atoms with Crippen LogP contribution in [-0.4, -0.2) is 30.9 Å². The molecule has 3 heteroatoms. The summed E-state index contributed by atoms with van der Waals surface area (Å²) < 4.78 is 5.90. The maximum atomic E-state index is 9.16. The van der Waals surface area contributed by atoms with Gasteiger partial charge in [-0.3, -0.25) is 0 Å². The van der Waals surface area contributed by atoms with Crippen LogP contribution in [0.4, 0.5) is 0 Å². The molecule has 2 aromatic carbocycles. The number of hydrogen-bond donors (Lipinski definition) is 2. The highest BCUT2D eigenvalue weighted by Gasteiger charge is 2.04. The van der Waals surface area contributed by atoms with Crippen LogP contribution in [0, 0.1) is 0 Å². The normalized spacial score (nSPS) is 12.1. The van der Waals surface area contributed by atoms with Crippen molar-refractivity contribution in [3.63, 3.8) is 0 Å². The van der Waals surface area contributed by atoms with Crippen molar-refractivity contribution in [3.8, 4) is 16.9 Å². The van der Waals surface area contributed by atoms with Gasteiger partial charge in [-0.2, -0.15) is 0 Å². The molecule has 0 saturated carbocycles. The summed E-state index contributed by atoms with van der Waals surface area (Å²) in [6.07, 6.45) is 0.611. The highest BCUT2D eigenvalue weighted by atomic mass is 16.5. The maximum absolute atomic E-state index is 9.16.